The molecule has 1 unspecified atom stereocenters. The molecule has 1 fully saturated rings. The number of hydrogen-bond acceptors (Lipinski definition) is 4. The van der Waals surface area contributed by atoms with E-state index in [1.54, 1.807) is 6.07 Å². The highest BCUT2D eigenvalue weighted by Crippen LogP contribution is 2.51. The molecule has 1 saturated carbocycles. The lowest BCUT2D eigenvalue weighted by Crippen LogP contribution is -2.15. The molecule has 6 nitrogen and oxygen atoms in total. The summed E-state index contributed by atoms with van der Waals surface area (Å²) in [6, 6.07) is 3.61. The third-order valence-electron chi connectivity index (χ3n) is 3.52. The summed E-state index contributed by atoms with van der Waals surface area (Å²) in [6.45, 7) is 5.42. The van der Waals surface area contributed by atoms with E-state index in [4.69, 9.17) is 0 Å². The summed E-state index contributed by atoms with van der Waals surface area (Å²) in [6.07, 6.45) is 1.24. The van der Waals surface area contributed by atoms with Crippen LogP contribution in [0.5, 0.6) is 0 Å². The van der Waals surface area contributed by atoms with Gasteiger partial charge in [-0.3, -0.25) is 0 Å². The Morgan fingerprint density at radius 2 is 2.35 bits per heavy atom. The number of fused-ring (bicyclic) bond motifs is 1. The minimum absolute atomic E-state index is 0.310. The minimum Gasteiger partial charge on any atom is -0.368 e. The lowest BCUT2D eigenvalue weighted by Gasteiger charge is -2.06. The number of anilines is 1. The average molecular weight is 233 g/mol. The zero-order valence-electron chi connectivity index (χ0n) is 9.90. The van der Waals surface area contributed by atoms with Gasteiger partial charge in [-0.2, -0.15) is 9.61 Å². The topological polar surface area (TPSA) is 75.1 Å². The fraction of sp³-hybridized carbons (Fsp3) is 0.545. The van der Waals surface area contributed by atoms with Crippen LogP contribution in [0, 0.1) is 11.3 Å². The fourth-order valence-corrected chi connectivity index (χ4v) is 2.05. The molecule has 0 radical (unpaired) electrons. The van der Waals surface area contributed by atoms with E-state index in [1.807, 2.05) is 6.07 Å². The van der Waals surface area contributed by atoms with Crippen LogP contribution < -0.4 is 11.0 Å². The fourth-order valence-electron chi connectivity index (χ4n) is 2.05. The first kappa shape index (κ1) is 10.3. The standard InChI is InChI=1S/C11H15N5O/c1-11(2)5-7(11)6-12-8-3-4-9-13-14-10(17)16(9)15-8/h3-4,7H,5-6H2,1-2H3,(H,12,15)(H,14,17). The largest absolute Gasteiger partial charge is 0.368 e. The molecule has 2 heterocycles. The van der Waals surface area contributed by atoms with Crippen molar-refractivity contribution in [2.75, 3.05) is 11.9 Å². The Kier molecular flexibility index (Phi) is 2.01. The second kappa shape index (κ2) is 3.32. The SMILES string of the molecule is CC1(C)CC1CNc1ccc2n[nH]c(=O)n2n1. The lowest BCUT2D eigenvalue weighted by molar-refractivity contribution is 0.572. The molecule has 0 amide bonds. The van der Waals surface area contributed by atoms with Gasteiger partial charge in [0.15, 0.2) is 5.65 Å². The van der Waals surface area contributed by atoms with Crippen molar-refractivity contribution in [2.24, 2.45) is 11.3 Å². The predicted molar refractivity (Wildman–Crippen MR) is 64.0 cm³/mol. The molecule has 0 aromatic carbocycles. The van der Waals surface area contributed by atoms with E-state index in [1.165, 1.54) is 10.9 Å². The highest BCUT2D eigenvalue weighted by atomic mass is 16.2. The van der Waals surface area contributed by atoms with Crippen molar-refractivity contribution in [1.29, 1.82) is 0 Å². The Balaban J connectivity index is 1.77. The average Bonchev–Trinajstić information content (AvgIpc) is 2.74. The Labute approximate surface area is 98.0 Å². The molecule has 0 aliphatic heterocycles. The maximum Gasteiger partial charge on any atom is 0.364 e. The van der Waals surface area contributed by atoms with Crippen LogP contribution in [0.2, 0.25) is 0 Å². The van der Waals surface area contributed by atoms with Crippen LogP contribution in [0.1, 0.15) is 20.3 Å². The van der Waals surface area contributed by atoms with E-state index >= 15 is 0 Å². The maximum absolute atomic E-state index is 11.3. The van der Waals surface area contributed by atoms with Gasteiger partial charge in [-0.1, -0.05) is 13.8 Å². The van der Waals surface area contributed by atoms with Gasteiger partial charge in [-0.05, 0) is 29.9 Å². The second-order valence-electron chi connectivity index (χ2n) is 5.29. The normalized spacial score (nSPS) is 21.6. The molecule has 1 aliphatic carbocycles. The summed E-state index contributed by atoms with van der Waals surface area (Å²) in [5, 5.41) is 13.6. The molecule has 0 spiro atoms. The quantitative estimate of drug-likeness (QED) is 0.825. The smallest absolute Gasteiger partial charge is 0.364 e. The molecule has 6 heteroatoms. The van der Waals surface area contributed by atoms with Gasteiger partial charge in [0, 0.05) is 6.54 Å². The van der Waals surface area contributed by atoms with Gasteiger partial charge in [-0.15, -0.1) is 5.10 Å². The summed E-state index contributed by atoms with van der Waals surface area (Å²) >= 11 is 0. The van der Waals surface area contributed by atoms with Gasteiger partial charge in [-0.25, -0.2) is 9.89 Å². The monoisotopic (exact) mass is 233 g/mol. The van der Waals surface area contributed by atoms with Crippen LogP contribution in [-0.4, -0.2) is 26.4 Å². The molecule has 2 aromatic rings. The molecule has 2 N–H and O–H groups in total. The number of aromatic amines is 1. The van der Waals surface area contributed by atoms with Crippen molar-refractivity contribution < 1.29 is 0 Å². The zero-order valence-corrected chi connectivity index (χ0v) is 9.90. The van der Waals surface area contributed by atoms with Crippen LogP contribution >= 0.6 is 0 Å². The van der Waals surface area contributed by atoms with Crippen molar-refractivity contribution in [2.45, 2.75) is 20.3 Å². The molecule has 1 aliphatic rings. The zero-order chi connectivity index (χ0) is 12.0. The third kappa shape index (κ3) is 1.79. The molecule has 0 saturated heterocycles. The summed E-state index contributed by atoms with van der Waals surface area (Å²) in [7, 11) is 0. The molecule has 0 bridgehead atoms. The number of nitrogens with one attached hydrogen (secondary N) is 2. The number of rotatable bonds is 3. The van der Waals surface area contributed by atoms with E-state index in [2.05, 4.69) is 34.5 Å². The predicted octanol–water partition coefficient (Wildman–Crippen LogP) is 0.876. The molecule has 3 rings (SSSR count). The first-order valence-electron chi connectivity index (χ1n) is 5.75. The highest BCUT2D eigenvalue weighted by Gasteiger charge is 2.44. The van der Waals surface area contributed by atoms with Crippen LogP contribution in [0.3, 0.4) is 0 Å². The van der Waals surface area contributed by atoms with Gasteiger partial charge in [0.1, 0.15) is 5.82 Å². The van der Waals surface area contributed by atoms with Crippen LogP contribution in [0.25, 0.3) is 5.65 Å². The molecular formula is C11H15N5O. The van der Waals surface area contributed by atoms with Gasteiger partial charge >= 0.3 is 5.69 Å². The van der Waals surface area contributed by atoms with Crippen molar-refractivity contribution in [3.8, 4) is 0 Å². The van der Waals surface area contributed by atoms with Crippen molar-refractivity contribution in [3.05, 3.63) is 22.6 Å². The van der Waals surface area contributed by atoms with E-state index < -0.39 is 0 Å². The van der Waals surface area contributed by atoms with Gasteiger partial charge in [0.25, 0.3) is 0 Å². The third-order valence-corrected chi connectivity index (χ3v) is 3.52. The molecular weight excluding hydrogens is 218 g/mol. The Morgan fingerprint density at radius 3 is 3.06 bits per heavy atom. The van der Waals surface area contributed by atoms with Crippen LogP contribution in [-0.2, 0) is 0 Å². The minimum atomic E-state index is -0.310. The molecule has 17 heavy (non-hydrogen) atoms. The van der Waals surface area contributed by atoms with Crippen molar-refractivity contribution in [3.63, 3.8) is 0 Å². The summed E-state index contributed by atoms with van der Waals surface area (Å²) in [5.41, 5.74) is 0.673. The van der Waals surface area contributed by atoms with Gasteiger partial charge in [0.05, 0.1) is 0 Å². The van der Waals surface area contributed by atoms with Crippen LogP contribution in [0.15, 0.2) is 16.9 Å². The molecule has 2 aromatic heterocycles. The Hall–Kier alpha value is -1.85. The highest BCUT2D eigenvalue weighted by molar-refractivity contribution is 5.43. The van der Waals surface area contributed by atoms with E-state index in [0.29, 0.717) is 22.8 Å². The van der Waals surface area contributed by atoms with E-state index in [9.17, 15) is 4.79 Å². The Bertz CT molecular complexity index is 612. The maximum atomic E-state index is 11.3. The van der Waals surface area contributed by atoms with Gasteiger partial charge < -0.3 is 5.32 Å². The van der Waals surface area contributed by atoms with Crippen molar-refractivity contribution >= 4 is 11.5 Å². The number of H-pyrrole nitrogens is 1. The molecule has 90 valence electrons. The summed E-state index contributed by atoms with van der Waals surface area (Å²) in [4.78, 5) is 11.3. The summed E-state index contributed by atoms with van der Waals surface area (Å²) in [5.74, 6) is 1.41. The number of hydrogen-bond donors (Lipinski definition) is 2. The first-order chi connectivity index (χ1) is 8.06. The van der Waals surface area contributed by atoms with E-state index in [-0.39, 0.29) is 5.69 Å². The van der Waals surface area contributed by atoms with Gasteiger partial charge in [0.2, 0.25) is 0 Å². The lowest BCUT2D eigenvalue weighted by atomic mass is 10.1. The summed E-state index contributed by atoms with van der Waals surface area (Å²) < 4.78 is 1.26. The molecule has 1 atom stereocenters. The first-order valence-corrected chi connectivity index (χ1v) is 5.75. The Morgan fingerprint density at radius 1 is 1.59 bits per heavy atom. The van der Waals surface area contributed by atoms with Crippen molar-refractivity contribution in [1.82, 2.24) is 19.8 Å². The van der Waals surface area contributed by atoms with Crippen LogP contribution in [0.4, 0.5) is 5.82 Å². The van der Waals surface area contributed by atoms with E-state index in [0.717, 1.165) is 6.54 Å². The number of nitrogens with zero attached hydrogens (tertiary/aromatic N) is 3. The second-order valence-corrected chi connectivity index (χ2v) is 5.29. The number of aromatic nitrogens is 4.